The Morgan fingerprint density at radius 1 is 1.29 bits per heavy atom. The minimum atomic E-state index is -0.171. The monoisotopic (exact) mass is 346 g/mol. The molecule has 0 aromatic carbocycles. The number of amides is 1. The van der Waals surface area contributed by atoms with E-state index < -0.39 is 0 Å². The van der Waals surface area contributed by atoms with Gasteiger partial charge in [0.05, 0.1) is 24.3 Å². The van der Waals surface area contributed by atoms with Gasteiger partial charge in [0.2, 0.25) is 5.91 Å². The third-order valence-corrected chi connectivity index (χ3v) is 4.42. The number of carbonyl (C=O) groups is 1. The molecule has 3 aromatic heterocycles. The maximum absolute atomic E-state index is 12.1. The van der Waals surface area contributed by atoms with Crippen LogP contribution in [0.2, 0.25) is 0 Å². The van der Waals surface area contributed by atoms with E-state index in [9.17, 15) is 4.79 Å². The molecule has 24 heavy (non-hydrogen) atoms. The zero-order valence-corrected chi connectivity index (χ0v) is 14.2. The van der Waals surface area contributed by atoms with E-state index >= 15 is 0 Å². The molecule has 3 aromatic rings. The first-order valence-electron chi connectivity index (χ1n) is 7.61. The van der Waals surface area contributed by atoms with Gasteiger partial charge in [-0.15, -0.1) is 10.2 Å². The zero-order chi connectivity index (χ0) is 16.9. The second-order valence-corrected chi connectivity index (χ2v) is 6.06. The third kappa shape index (κ3) is 3.53. The van der Waals surface area contributed by atoms with E-state index in [-0.39, 0.29) is 17.7 Å². The van der Waals surface area contributed by atoms with Gasteiger partial charge in [0.15, 0.2) is 16.7 Å². The minimum absolute atomic E-state index is 0.0888. The maximum atomic E-state index is 12.1. The molecule has 0 bridgehead atoms. The highest BCUT2D eigenvalue weighted by Gasteiger charge is 2.17. The van der Waals surface area contributed by atoms with Crippen LogP contribution in [0.4, 0.5) is 0 Å². The number of aromatic nitrogens is 3. The van der Waals surface area contributed by atoms with E-state index in [1.54, 1.807) is 24.7 Å². The second-order valence-electron chi connectivity index (χ2n) is 5.12. The molecule has 3 heterocycles. The summed E-state index contributed by atoms with van der Waals surface area (Å²) in [4.78, 5) is 12.1. The fraction of sp³-hybridized carbons (Fsp3) is 0.312. The largest absolute Gasteiger partial charge is 0.467 e. The number of furan rings is 2. The molecule has 0 saturated heterocycles. The molecular formula is C16H18N4O3S. The lowest BCUT2D eigenvalue weighted by atomic mass is 10.2. The van der Waals surface area contributed by atoms with E-state index in [2.05, 4.69) is 15.5 Å². The topological polar surface area (TPSA) is 86.1 Å². The Hall–Kier alpha value is -2.48. The summed E-state index contributed by atoms with van der Waals surface area (Å²) in [6.07, 6.45) is 3.19. The van der Waals surface area contributed by atoms with Crippen LogP contribution in [0.1, 0.15) is 25.6 Å². The first-order chi connectivity index (χ1) is 11.7. The summed E-state index contributed by atoms with van der Waals surface area (Å²) >= 11 is 1.34. The average Bonchev–Trinajstić information content (AvgIpc) is 3.33. The lowest BCUT2D eigenvalue weighted by Gasteiger charge is -2.11. The van der Waals surface area contributed by atoms with Gasteiger partial charge in [0.1, 0.15) is 5.76 Å². The molecule has 126 valence electrons. The lowest BCUT2D eigenvalue weighted by molar-refractivity contribution is -0.119. The Bertz CT molecular complexity index is 780. The molecular weight excluding hydrogens is 328 g/mol. The molecule has 1 N–H and O–H groups in total. The van der Waals surface area contributed by atoms with Crippen LogP contribution in [-0.4, -0.2) is 26.4 Å². The molecule has 1 atom stereocenters. The molecule has 0 fully saturated rings. The van der Waals surface area contributed by atoms with Crippen LogP contribution in [0.5, 0.6) is 0 Å². The van der Waals surface area contributed by atoms with Gasteiger partial charge in [-0.05, 0) is 38.1 Å². The standard InChI is InChI=1S/C16H18N4O3S/c1-3-20-15(13-7-5-9-23-13)18-19-16(20)24-10-14(21)17-11(2)12-6-4-8-22-12/h4-9,11H,3,10H2,1-2H3,(H,17,21). The summed E-state index contributed by atoms with van der Waals surface area (Å²) in [5.41, 5.74) is 0. The number of hydrogen-bond acceptors (Lipinski definition) is 6. The van der Waals surface area contributed by atoms with Crippen LogP contribution in [0.3, 0.4) is 0 Å². The molecule has 0 spiro atoms. The van der Waals surface area contributed by atoms with Crippen molar-refractivity contribution in [1.29, 1.82) is 0 Å². The van der Waals surface area contributed by atoms with Crippen LogP contribution >= 0.6 is 11.8 Å². The molecule has 0 aliphatic heterocycles. The number of hydrogen-bond donors (Lipinski definition) is 1. The van der Waals surface area contributed by atoms with E-state index in [4.69, 9.17) is 8.83 Å². The molecule has 0 radical (unpaired) electrons. The minimum Gasteiger partial charge on any atom is -0.467 e. The first-order valence-corrected chi connectivity index (χ1v) is 8.60. The van der Waals surface area contributed by atoms with Crippen LogP contribution in [0, 0.1) is 0 Å². The number of rotatable bonds is 7. The van der Waals surface area contributed by atoms with Gasteiger partial charge in [-0.25, -0.2) is 0 Å². The molecule has 0 saturated carbocycles. The van der Waals surface area contributed by atoms with Gasteiger partial charge in [0.25, 0.3) is 0 Å². The van der Waals surface area contributed by atoms with Gasteiger partial charge in [0, 0.05) is 6.54 Å². The van der Waals surface area contributed by atoms with Crippen molar-refractivity contribution in [2.75, 3.05) is 5.75 Å². The molecule has 0 aliphatic carbocycles. The van der Waals surface area contributed by atoms with E-state index in [0.29, 0.717) is 23.3 Å². The van der Waals surface area contributed by atoms with Gasteiger partial charge in [-0.3, -0.25) is 9.36 Å². The Kier molecular flexibility index (Phi) is 5.05. The number of carbonyl (C=O) groups excluding carboxylic acids is 1. The third-order valence-electron chi connectivity index (χ3n) is 3.45. The Morgan fingerprint density at radius 3 is 2.75 bits per heavy atom. The van der Waals surface area contributed by atoms with Crippen LogP contribution in [0.15, 0.2) is 50.8 Å². The van der Waals surface area contributed by atoms with Crippen LogP contribution in [-0.2, 0) is 11.3 Å². The second kappa shape index (κ2) is 7.39. The molecule has 1 unspecified atom stereocenters. The van der Waals surface area contributed by atoms with Crippen molar-refractivity contribution in [3.63, 3.8) is 0 Å². The van der Waals surface area contributed by atoms with E-state index in [1.165, 1.54) is 11.8 Å². The first kappa shape index (κ1) is 16.4. The van der Waals surface area contributed by atoms with Crippen molar-refractivity contribution in [3.8, 4) is 11.6 Å². The average molecular weight is 346 g/mol. The SMILES string of the molecule is CCn1c(SCC(=O)NC(C)c2ccco2)nnc1-c1ccco1. The summed E-state index contributed by atoms with van der Waals surface area (Å²) in [7, 11) is 0. The fourth-order valence-corrected chi connectivity index (χ4v) is 3.10. The predicted octanol–water partition coefficient (Wildman–Crippen LogP) is 3.12. The highest BCUT2D eigenvalue weighted by Crippen LogP contribution is 2.24. The summed E-state index contributed by atoms with van der Waals surface area (Å²) in [5.74, 6) is 2.21. The van der Waals surface area contributed by atoms with E-state index in [0.717, 1.165) is 5.76 Å². The van der Waals surface area contributed by atoms with Crippen molar-refractivity contribution in [3.05, 3.63) is 42.6 Å². The van der Waals surface area contributed by atoms with Crippen molar-refractivity contribution in [2.45, 2.75) is 31.6 Å². The zero-order valence-electron chi connectivity index (χ0n) is 13.4. The maximum Gasteiger partial charge on any atom is 0.231 e. The van der Waals surface area contributed by atoms with Crippen molar-refractivity contribution in [1.82, 2.24) is 20.1 Å². The molecule has 1 amide bonds. The van der Waals surface area contributed by atoms with E-state index in [1.807, 2.05) is 30.5 Å². The number of thioether (sulfide) groups is 1. The number of nitrogens with one attached hydrogen (secondary N) is 1. The lowest BCUT2D eigenvalue weighted by Crippen LogP contribution is -2.28. The van der Waals surface area contributed by atoms with Crippen LogP contribution < -0.4 is 5.32 Å². The summed E-state index contributed by atoms with van der Waals surface area (Å²) in [6.45, 7) is 4.57. The van der Waals surface area contributed by atoms with Gasteiger partial charge in [-0.1, -0.05) is 11.8 Å². The highest BCUT2D eigenvalue weighted by molar-refractivity contribution is 7.99. The van der Waals surface area contributed by atoms with Crippen molar-refractivity contribution in [2.24, 2.45) is 0 Å². The smallest absolute Gasteiger partial charge is 0.231 e. The summed E-state index contributed by atoms with van der Waals surface area (Å²) in [6, 6.07) is 7.10. The van der Waals surface area contributed by atoms with Gasteiger partial charge < -0.3 is 14.2 Å². The molecule has 8 heteroatoms. The quantitative estimate of drug-likeness (QED) is 0.662. The Balaban J connectivity index is 1.61. The summed E-state index contributed by atoms with van der Waals surface area (Å²) in [5, 5.41) is 11.9. The molecule has 7 nitrogen and oxygen atoms in total. The molecule has 3 rings (SSSR count). The Morgan fingerprint density at radius 2 is 2.08 bits per heavy atom. The van der Waals surface area contributed by atoms with Crippen LogP contribution in [0.25, 0.3) is 11.6 Å². The summed E-state index contributed by atoms with van der Waals surface area (Å²) < 4.78 is 12.6. The number of nitrogens with zero attached hydrogens (tertiary/aromatic N) is 3. The Labute approximate surface area is 143 Å². The van der Waals surface area contributed by atoms with Crippen molar-refractivity contribution < 1.29 is 13.6 Å². The highest BCUT2D eigenvalue weighted by atomic mass is 32.2. The van der Waals surface area contributed by atoms with Gasteiger partial charge in [-0.2, -0.15) is 0 Å². The molecule has 0 aliphatic rings. The van der Waals surface area contributed by atoms with Gasteiger partial charge >= 0.3 is 0 Å². The predicted molar refractivity (Wildman–Crippen MR) is 89.4 cm³/mol. The normalized spacial score (nSPS) is 12.2. The van der Waals surface area contributed by atoms with Crippen molar-refractivity contribution >= 4 is 17.7 Å². The fourth-order valence-electron chi connectivity index (χ4n) is 2.29.